The molecule has 0 radical (unpaired) electrons. The molecule has 7 heteroatoms. The molecule has 30 heavy (non-hydrogen) atoms. The predicted molar refractivity (Wildman–Crippen MR) is 105 cm³/mol. The highest BCUT2D eigenvalue weighted by Crippen LogP contribution is 2.59. The molecule has 0 spiro atoms. The second-order valence-electron chi connectivity index (χ2n) is 7.84. The van der Waals surface area contributed by atoms with Crippen molar-refractivity contribution in [2.24, 2.45) is 0 Å². The Morgan fingerprint density at radius 3 is 2.37 bits per heavy atom. The maximum absolute atomic E-state index is 13.4. The van der Waals surface area contributed by atoms with Crippen LogP contribution in [0, 0.1) is 0 Å². The average molecular weight is 405 g/mol. The van der Waals surface area contributed by atoms with Crippen LogP contribution in [0.15, 0.2) is 53.7 Å². The van der Waals surface area contributed by atoms with E-state index in [1.807, 2.05) is 6.92 Å². The normalized spacial score (nSPS) is 26.6. The first-order valence-corrected chi connectivity index (χ1v) is 9.83. The van der Waals surface area contributed by atoms with Crippen LogP contribution in [0.4, 0.5) is 0 Å². The molecule has 1 heterocycles. The molecule has 1 aliphatic heterocycles. The summed E-state index contributed by atoms with van der Waals surface area (Å²) in [5.41, 5.74) is -5.58. The molecule has 0 fully saturated rings. The van der Waals surface area contributed by atoms with Gasteiger partial charge in [0.25, 0.3) is 0 Å². The molecule has 0 aromatic heterocycles. The van der Waals surface area contributed by atoms with Crippen LogP contribution < -0.4 is 0 Å². The fourth-order valence-electron chi connectivity index (χ4n) is 4.95. The number of aromatic hydroxyl groups is 1. The van der Waals surface area contributed by atoms with E-state index in [0.29, 0.717) is 12.8 Å². The minimum atomic E-state index is -2.62. The van der Waals surface area contributed by atoms with Gasteiger partial charge in [-0.25, -0.2) is 0 Å². The third-order valence-electron chi connectivity index (χ3n) is 6.33. The molecule has 3 N–H and O–H groups in total. The number of hydrogen-bond acceptors (Lipinski definition) is 7. The van der Waals surface area contributed by atoms with Gasteiger partial charge < -0.3 is 20.2 Å². The van der Waals surface area contributed by atoms with Crippen LogP contribution in [-0.4, -0.2) is 49.7 Å². The van der Waals surface area contributed by atoms with E-state index in [4.69, 9.17) is 0 Å². The molecule has 2 aromatic rings. The molecule has 7 nitrogen and oxygen atoms in total. The Kier molecular flexibility index (Phi) is 3.66. The molecule has 3 aliphatic rings. The highest BCUT2D eigenvalue weighted by Gasteiger charge is 2.74. The summed E-state index contributed by atoms with van der Waals surface area (Å²) >= 11 is 0. The van der Waals surface area contributed by atoms with E-state index in [0.717, 1.165) is 0 Å². The summed E-state index contributed by atoms with van der Waals surface area (Å²) in [6, 6.07) is 10.3. The molecule has 0 saturated heterocycles. The fourth-order valence-corrected chi connectivity index (χ4v) is 4.95. The van der Waals surface area contributed by atoms with E-state index in [-0.39, 0.29) is 40.2 Å². The van der Waals surface area contributed by atoms with Crippen molar-refractivity contribution >= 4 is 17.3 Å². The van der Waals surface area contributed by atoms with Gasteiger partial charge in [0, 0.05) is 23.2 Å². The molecule has 152 valence electrons. The average Bonchev–Trinajstić information content (AvgIpc) is 3.05. The Morgan fingerprint density at radius 2 is 1.63 bits per heavy atom. The van der Waals surface area contributed by atoms with Gasteiger partial charge in [0.05, 0.1) is 16.8 Å². The number of carbonyl (C=O) groups is 3. The zero-order valence-corrected chi connectivity index (χ0v) is 16.2. The molecule has 5 rings (SSSR count). The van der Waals surface area contributed by atoms with Crippen LogP contribution in [0.3, 0.4) is 0 Å². The monoisotopic (exact) mass is 405 g/mol. The van der Waals surface area contributed by atoms with Crippen LogP contribution in [0.2, 0.25) is 0 Å². The lowest BCUT2D eigenvalue weighted by Gasteiger charge is -2.40. The van der Waals surface area contributed by atoms with Gasteiger partial charge in [-0.15, -0.1) is 0 Å². The van der Waals surface area contributed by atoms with E-state index >= 15 is 0 Å². The summed E-state index contributed by atoms with van der Waals surface area (Å²) in [7, 11) is 0. The topological polar surface area (TPSA) is 115 Å². The van der Waals surface area contributed by atoms with Crippen molar-refractivity contribution < 1.29 is 29.7 Å². The van der Waals surface area contributed by atoms with Gasteiger partial charge in [0.15, 0.2) is 5.78 Å². The summed E-state index contributed by atoms with van der Waals surface area (Å²) in [5.74, 6) is -2.64. The summed E-state index contributed by atoms with van der Waals surface area (Å²) in [5, 5.41) is 33.8. The lowest BCUT2D eigenvalue weighted by molar-refractivity contribution is -0.169. The van der Waals surface area contributed by atoms with Gasteiger partial charge in [0.2, 0.25) is 22.9 Å². The Balaban J connectivity index is 1.84. The number of fused-ring (bicyclic) bond motifs is 5. The van der Waals surface area contributed by atoms with Gasteiger partial charge in [0.1, 0.15) is 5.75 Å². The largest absolute Gasteiger partial charge is 0.507 e. The van der Waals surface area contributed by atoms with E-state index in [2.05, 4.69) is 0 Å². The smallest absolute Gasteiger partial charge is 0.214 e. The highest BCUT2D eigenvalue weighted by molar-refractivity contribution is 6.32. The third kappa shape index (κ3) is 1.85. The van der Waals surface area contributed by atoms with Crippen LogP contribution >= 0.6 is 0 Å². The number of Topliss-reactive ketones (excluding diaryl/α,β-unsaturated/α-hetero) is 3. The minimum absolute atomic E-state index is 0.101. The third-order valence-corrected chi connectivity index (χ3v) is 6.33. The van der Waals surface area contributed by atoms with Crippen LogP contribution in [-0.2, 0) is 5.72 Å². The van der Waals surface area contributed by atoms with Gasteiger partial charge in [-0.1, -0.05) is 49.7 Å². The zero-order chi connectivity index (χ0) is 21.4. The Hall–Kier alpha value is -3.29. The second kappa shape index (κ2) is 5.87. The number of benzene rings is 2. The number of phenols is 1. The lowest BCUT2D eigenvalue weighted by atomic mass is 9.77. The molecule has 0 saturated carbocycles. The number of nitrogens with zero attached hydrogens (tertiary/aromatic N) is 1. The maximum Gasteiger partial charge on any atom is 0.214 e. The molecule has 2 unspecified atom stereocenters. The van der Waals surface area contributed by atoms with Gasteiger partial charge in [-0.2, -0.15) is 0 Å². The van der Waals surface area contributed by atoms with Crippen molar-refractivity contribution in [3.8, 4) is 5.75 Å². The molecule has 0 bridgehead atoms. The summed E-state index contributed by atoms with van der Waals surface area (Å²) in [6.07, 6.45) is 1.26. The Morgan fingerprint density at radius 1 is 0.933 bits per heavy atom. The summed E-state index contributed by atoms with van der Waals surface area (Å²) in [4.78, 5) is 41.5. The predicted octanol–water partition coefficient (Wildman–Crippen LogP) is 1.91. The molecular weight excluding hydrogens is 386 g/mol. The number of rotatable bonds is 3. The number of allylic oxidation sites excluding steroid dienone is 1. The number of ketones is 3. The van der Waals surface area contributed by atoms with Crippen molar-refractivity contribution in [2.75, 3.05) is 6.54 Å². The molecule has 2 atom stereocenters. The number of phenolic OH excluding ortho intramolecular Hbond substituents is 1. The van der Waals surface area contributed by atoms with E-state index in [1.165, 1.54) is 35.2 Å². The molecular formula is C23H19NO6. The quantitative estimate of drug-likeness (QED) is 0.715. The fraction of sp³-hybridized carbons (Fsp3) is 0.261. The first-order chi connectivity index (χ1) is 14.3. The number of unbranched alkanes of at least 4 members (excludes halogenated alkanes) is 1. The summed E-state index contributed by atoms with van der Waals surface area (Å²) < 4.78 is 0. The van der Waals surface area contributed by atoms with Gasteiger partial charge in [-0.05, 0) is 12.5 Å². The molecule has 2 aromatic carbocycles. The minimum Gasteiger partial charge on any atom is -0.507 e. The maximum atomic E-state index is 13.4. The lowest BCUT2D eigenvalue weighted by Crippen LogP contribution is -2.57. The van der Waals surface area contributed by atoms with E-state index < -0.39 is 34.2 Å². The number of carbonyl (C=O) groups excluding carboxylic acids is 3. The van der Waals surface area contributed by atoms with Crippen molar-refractivity contribution in [1.82, 2.24) is 4.90 Å². The Bertz CT molecular complexity index is 1200. The van der Waals surface area contributed by atoms with Crippen molar-refractivity contribution in [3.63, 3.8) is 0 Å². The Labute approximate surface area is 171 Å². The van der Waals surface area contributed by atoms with E-state index in [1.54, 1.807) is 12.1 Å². The first kappa shape index (κ1) is 18.7. The highest BCUT2D eigenvalue weighted by atomic mass is 16.4. The number of hydrogen-bond donors (Lipinski definition) is 3. The summed E-state index contributed by atoms with van der Waals surface area (Å²) in [6.45, 7) is 2.06. The molecule has 2 aliphatic carbocycles. The van der Waals surface area contributed by atoms with Crippen molar-refractivity contribution in [2.45, 2.75) is 31.1 Å². The van der Waals surface area contributed by atoms with Crippen LogP contribution in [0.5, 0.6) is 5.75 Å². The van der Waals surface area contributed by atoms with Crippen LogP contribution in [0.25, 0.3) is 0 Å². The number of aliphatic hydroxyl groups is 2. The van der Waals surface area contributed by atoms with E-state index in [9.17, 15) is 29.7 Å². The van der Waals surface area contributed by atoms with Gasteiger partial charge in [-0.3, -0.25) is 14.4 Å². The van der Waals surface area contributed by atoms with Crippen molar-refractivity contribution in [1.29, 1.82) is 0 Å². The second-order valence-corrected chi connectivity index (χ2v) is 7.84. The standard InChI is InChI=1S/C23H19NO6/c1-2-3-11-24-18-17(19(26)13-8-6-10-15(25)16(13)20(18)27)22(29)21(28)12-7-4-5-9-14(12)23(22,24)30/h4-10,25,29-30H,2-3,11H2,1H3. The SMILES string of the molecule is CCCCN1C2=C(C(=O)c3cccc(O)c3C2=O)C2(O)C(=O)c3ccccc3C12O. The van der Waals surface area contributed by atoms with Crippen LogP contribution in [0.1, 0.15) is 56.4 Å². The first-order valence-electron chi connectivity index (χ1n) is 9.83. The van der Waals surface area contributed by atoms with Crippen molar-refractivity contribution in [3.05, 3.63) is 76.0 Å². The van der Waals surface area contributed by atoms with Gasteiger partial charge >= 0.3 is 0 Å². The molecule has 0 amide bonds. The zero-order valence-electron chi connectivity index (χ0n) is 16.2.